The van der Waals surface area contributed by atoms with E-state index in [9.17, 15) is 0 Å². The van der Waals surface area contributed by atoms with E-state index < -0.39 is 0 Å². The van der Waals surface area contributed by atoms with E-state index in [0.717, 1.165) is 17.5 Å². The molecule has 1 heterocycles. The Morgan fingerprint density at radius 1 is 1.31 bits per heavy atom. The standard InChI is InChI=1S/C12H21N3S/c1-4-6-13-11(10(2)3)9-16-12-14-7-5-8-15-12/h5,7-8,10-11,13H,4,6,9H2,1-3H3. The van der Waals surface area contributed by atoms with Gasteiger partial charge in [-0.25, -0.2) is 9.97 Å². The molecule has 1 rings (SSSR count). The molecule has 0 spiro atoms. The van der Waals surface area contributed by atoms with Crippen molar-refractivity contribution < 1.29 is 0 Å². The Labute approximate surface area is 102 Å². The zero-order valence-corrected chi connectivity index (χ0v) is 11.1. The molecule has 4 heteroatoms. The molecule has 1 aromatic rings. The van der Waals surface area contributed by atoms with Gasteiger partial charge in [0.05, 0.1) is 0 Å². The SMILES string of the molecule is CCCNC(CSc1ncccn1)C(C)C. The van der Waals surface area contributed by atoms with Crippen LogP contribution in [0.1, 0.15) is 27.2 Å². The molecular formula is C12H21N3S. The van der Waals surface area contributed by atoms with E-state index >= 15 is 0 Å². The predicted molar refractivity (Wildman–Crippen MR) is 69.7 cm³/mol. The van der Waals surface area contributed by atoms with Gasteiger partial charge in [0, 0.05) is 24.2 Å². The van der Waals surface area contributed by atoms with Crippen LogP contribution in [0.4, 0.5) is 0 Å². The first-order valence-corrected chi connectivity index (χ1v) is 6.85. The molecule has 1 unspecified atom stereocenters. The van der Waals surface area contributed by atoms with Crippen LogP contribution in [0.25, 0.3) is 0 Å². The minimum absolute atomic E-state index is 0.536. The summed E-state index contributed by atoms with van der Waals surface area (Å²) in [6.07, 6.45) is 4.76. The Balaban J connectivity index is 2.38. The van der Waals surface area contributed by atoms with Crippen molar-refractivity contribution in [2.24, 2.45) is 5.92 Å². The summed E-state index contributed by atoms with van der Waals surface area (Å²) in [5, 5.41) is 4.43. The molecule has 16 heavy (non-hydrogen) atoms. The zero-order valence-electron chi connectivity index (χ0n) is 10.3. The lowest BCUT2D eigenvalue weighted by Gasteiger charge is -2.21. The predicted octanol–water partition coefficient (Wildman–Crippen LogP) is 2.59. The van der Waals surface area contributed by atoms with Gasteiger partial charge in [-0.3, -0.25) is 0 Å². The molecule has 0 fully saturated rings. The summed E-state index contributed by atoms with van der Waals surface area (Å²) >= 11 is 1.72. The average molecular weight is 239 g/mol. The highest BCUT2D eigenvalue weighted by Gasteiger charge is 2.13. The fourth-order valence-electron chi connectivity index (χ4n) is 1.34. The van der Waals surface area contributed by atoms with Crippen molar-refractivity contribution in [3.63, 3.8) is 0 Å². The Kier molecular flexibility index (Phi) is 6.42. The quantitative estimate of drug-likeness (QED) is 0.586. The lowest BCUT2D eigenvalue weighted by atomic mass is 10.1. The fourth-order valence-corrected chi connectivity index (χ4v) is 2.44. The molecule has 0 saturated heterocycles. The van der Waals surface area contributed by atoms with Gasteiger partial charge in [0.15, 0.2) is 5.16 Å². The van der Waals surface area contributed by atoms with Crippen LogP contribution < -0.4 is 5.32 Å². The number of aromatic nitrogens is 2. The summed E-state index contributed by atoms with van der Waals surface area (Å²) in [6, 6.07) is 2.38. The number of nitrogens with zero attached hydrogens (tertiary/aromatic N) is 2. The number of hydrogen-bond donors (Lipinski definition) is 1. The van der Waals surface area contributed by atoms with Gasteiger partial charge in [0.2, 0.25) is 0 Å². The van der Waals surface area contributed by atoms with Crippen LogP contribution in [0, 0.1) is 5.92 Å². The van der Waals surface area contributed by atoms with E-state index in [1.807, 2.05) is 6.07 Å². The van der Waals surface area contributed by atoms with Crippen LogP contribution in [0.5, 0.6) is 0 Å². The highest BCUT2D eigenvalue weighted by atomic mass is 32.2. The summed E-state index contributed by atoms with van der Waals surface area (Å²) in [5.41, 5.74) is 0. The van der Waals surface area contributed by atoms with Crippen LogP contribution in [-0.2, 0) is 0 Å². The van der Waals surface area contributed by atoms with E-state index in [1.165, 1.54) is 6.42 Å². The molecule has 1 N–H and O–H groups in total. The van der Waals surface area contributed by atoms with Crippen LogP contribution in [0.2, 0.25) is 0 Å². The molecule has 1 atom stereocenters. The molecule has 0 aliphatic rings. The van der Waals surface area contributed by atoms with Gasteiger partial charge in [-0.05, 0) is 24.9 Å². The maximum Gasteiger partial charge on any atom is 0.187 e. The summed E-state index contributed by atoms with van der Waals surface area (Å²) in [4.78, 5) is 8.43. The molecule has 0 amide bonds. The molecule has 0 bridgehead atoms. The van der Waals surface area contributed by atoms with Crippen LogP contribution in [-0.4, -0.2) is 28.3 Å². The van der Waals surface area contributed by atoms with Crippen molar-refractivity contribution in [1.29, 1.82) is 0 Å². The lowest BCUT2D eigenvalue weighted by Crippen LogP contribution is -2.36. The summed E-state index contributed by atoms with van der Waals surface area (Å²) < 4.78 is 0. The summed E-state index contributed by atoms with van der Waals surface area (Å²) in [5.74, 6) is 1.67. The van der Waals surface area contributed by atoms with Crippen LogP contribution >= 0.6 is 11.8 Å². The molecule has 0 saturated carbocycles. The number of nitrogens with one attached hydrogen (secondary N) is 1. The maximum atomic E-state index is 4.21. The third-order valence-corrected chi connectivity index (χ3v) is 3.39. The third kappa shape index (κ3) is 4.94. The summed E-state index contributed by atoms with van der Waals surface area (Å²) in [6.45, 7) is 7.77. The fraction of sp³-hybridized carbons (Fsp3) is 0.667. The molecule has 0 radical (unpaired) electrons. The maximum absolute atomic E-state index is 4.21. The third-order valence-electron chi connectivity index (χ3n) is 2.40. The Morgan fingerprint density at radius 2 is 2.00 bits per heavy atom. The van der Waals surface area contributed by atoms with Gasteiger partial charge >= 0.3 is 0 Å². The average Bonchev–Trinajstić information content (AvgIpc) is 2.30. The first-order valence-electron chi connectivity index (χ1n) is 5.87. The van der Waals surface area contributed by atoms with E-state index in [0.29, 0.717) is 12.0 Å². The normalized spacial score (nSPS) is 13.0. The first kappa shape index (κ1) is 13.5. The Hall–Kier alpha value is -0.610. The van der Waals surface area contributed by atoms with Crippen molar-refractivity contribution in [1.82, 2.24) is 15.3 Å². The second kappa shape index (κ2) is 7.63. The van der Waals surface area contributed by atoms with Crippen LogP contribution in [0.3, 0.4) is 0 Å². The second-order valence-electron chi connectivity index (χ2n) is 4.15. The van der Waals surface area contributed by atoms with Crippen molar-refractivity contribution >= 4 is 11.8 Å². The highest BCUT2D eigenvalue weighted by Crippen LogP contribution is 2.16. The largest absolute Gasteiger partial charge is 0.313 e. The monoisotopic (exact) mass is 239 g/mol. The number of thioether (sulfide) groups is 1. The van der Waals surface area contributed by atoms with Crippen molar-refractivity contribution in [2.45, 2.75) is 38.4 Å². The van der Waals surface area contributed by atoms with E-state index in [2.05, 4.69) is 36.1 Å². The van der Waals surface area contributed by atoms with Gasteiger partial charge in [0.1, 0.15) is 0 Å². The minimum Gasteiger partial charge on any atom is -0.313 e. The highest BCUT2D eigenvalue weighted by molar-refractivity contribution is 7.99. The zero-order chi connectivity index (χ0) is 11.8. The number of hydrogen-bond acceptors (Lipinski definition) is 4. The van der Waals surface area contributed by atoms with E-state index in [-0.39, 0.29) is 0 Å². The van der Waals surface area contributed by atoms with Gasteiger partial charge in [-0.2, -0.15) is 0 Å². The molecule has 0 aliphatic carbocycles. The summed E-state index contributed by atoms with van der Waals surface area (Å²) in [7, 11) is 0. The van der Waals surface area contributed by atoms with Gasteiger partial charge in [0.25, 0.3) is 0 Å². The van der Waals surface area contributed by atoms with Crippen LogP contribution in [0.15, 0.2) is 23.6 Å². The van der Waals surface area contributed by atoms with E-state index in [1.54, 1.807) is 24.2 Å². The molecular weight excluding hydrogens is 218 g/mol. The molecule has 90 valence electrons. The molecule has 3 nitrogen and oxygen atoms in total. The molecule has 0 aromatic carbocycles. The van der Waals surface area contributed by atoms with Crippen molar-refractivity contribution in [3.8, 4) is 0 Å². The van der Waals surface area contributed by atoms with E-state index in [4.69, 9.17) is 0 Å². The molecule has 0 aliphatic heterocycles. The first-order chi connectivity index (χ1) is 7.74. The molecule has 1 aromatic heterocycles. The second-order valence-corrected chi connectivity index (χ2v) is 5.13. The van der Waals surface area contributed by atoms with Crippen molar-refractivity contribution in [3.05, 3.63) is 18.5 Å². The minimum atomic E-state index is 0.536. The topological polar surface area (TPSA) is 37.8 Å². The Morgan fingerprint density at radius 3 is 2.56 bits per heavy atom. The smallest absolute Gasteiger partial charge is 0.187 e. The van der Waals surface area contributed by atoms with Gasteiger partial charge in [-0.1, -0.05) is 32.5 Å². The lowest BCUT2D eigenvalue weighted by molar-refractivity contribution is 0.433. The number of rotatable bonds is 7. The van der Waals surface area contributed by atoms with Gasteiger partial charge < -0.3 is 5.32 Å². The Bertz CT molecular complexity index is 277. The van der Waals surface area contributed by atoms with Gasteiger partial charge in [-0.15, -0.1) is 0 Å². The van der Waals surface area contributed by atoms with Crippen molar-refractivity contribution in [2.75, 3.05) is 12.3 Å².